The van der Waals surface area contributed by atoms with Gasteiger partial charge in [0, 0.05) is 30.1 Å². The number of hydrogen-bond donors (Lipinski definition) is 1. The van der Waals surface area contributed by atoms with Gasteiger partial charge in [-0.2, -0.15) is 0 Å². The lowest BCUT2D eigenvalue weighted by Crippen LogP contribution is -2.62. The van der Waals surface area contributed by atoms with Crippen molar-refractivity contribution >= 4 is 5.91 Å². The Morgan fingerprint density at radius 2 is 2.12 bits per heavy atom. The van der Waals surface area contributed by atoms with E-state index in [9.17, 15) is 23.1 Å². The number of halogens is 3. The summed E-state index contributed by atoms with van der Waals surface area (Å²) < 4.78 is 41.1. The molecule has 2 atom stereocenters. The number of likely N-dealkylation sites (tertiary alicyclic amines) is 2. The van der Waals surface area contributed by atoms with Gasteiger partial charge in [-0.25, -0.2) is 0 Å². The van der Waals surface area contributed by atoms with Crippen LogP contribution in [0.3, 0.4) is 0 Å². The standard InChI is InChI=1S/C18H23F3N2O3/c1-22-8-3-6-17(12-24)7-9-23(11-15(17)22)16(25)13-4-2-5-14(10-13)26-18(19,20)21/h2,4-5,10,15,24H,3,6-9,11-12H2,1H3/t15-,17-/m1/s1. The predicted octanol–water partition coefficient (Wildman–Crippen LogP) is 2.50. The van der Waals surface area contributed by atoms with E-state index in [-0.39, 0.29) is 29.5 Å². The Kier molecular flexibility index (Phi) is 5.16. The van der Waals surface area contributed by atoms with Gasteiger partial charge in [0.2, 0.25) is 0 Å². The molecule has 8 heteroatoms. The van der Waals surface area contributed by atoms with E-state index in [1.165, 1.54) is 18.2 Å². The largest absolute Gasteiger partial charge is 0.573 e. The minimum Gasteiger partial charge on any atom is -0.406 e. The summed E-state index contributed by atoms with van der Waals surface area (Å²) in [6.07, 6.45) is -2.17. The fourth-order valence-electron chi connectivity index (χ4n) is 4.21. The van der Waals surface area contributed by atoms with Crippen LogP contribution in [-0.4, -0.2) is 66.5 Å². The number of likely N-dealkylation sites (N-methyl/N-ethyl adjacent to an activating group) is 1. The summed E-state index contributed by atoms with van der Waals surface area (Å²) in [4.78, 5) is 16.6. The lowest BCUT2D eigenvalue weighted by atomic mass is 9.69. The third-order valence-corrected chi connectivity index (χ3v) is 5.61. The van der Waals surface area contributed by atoms with E-state index in [0.717, 1.165) is 25.5 Å². The molecule has 2 saturated heterocycles. The van der Waals surface area contributed by atoms with Crippen molar-refractivity contribution in [3.63, 3.8) is 0 Å². The van der Waals surface area contributed by atoms with Gasteiger partial charge >= 0.3 is 6.36 Å². The first-order valence-electron chi connectivity index (χ1n) is 8.70. The fourth-order valence-corrected chi connectivity index (χ4v) is 4.21. The highest BCUT2D eigenvalue weighted by Gasteiger charge is 2.47. The number of amides is 1. The SMILES string of the molecule is CN1CCC[C@]2(CO)CCN(C(=O)c3cccc(OC(F)(F)F)c3)C[C@@H]12. The molecule has 2 aliphatic heterocycles. The zero-order valence-corrected chi connectivity index (χ0v) is 14.6. The number of aliphatic hydroxyl groups excluding tert-OH is 1. The second kappa shape index (κ2) is 7.08. The van der Waals surface area contributed by atoms with Gasteiger partial charge in [-0.15, -0.1) is 13.2 Å². The van der Waals surface area contributed by atoms with E-state index in [0.29, 0.717) is 19.5 Å². The van der Waals surface area contributed by atoms with Crippen LogP contribution in [-0.2, 0) is 0 Å². The Bertz CT molecular complexity index is 667. The van der Waals surface area contributed by atoms with Crippen LogP contribution >= 0.6 is 0 Å². The van der Waals surface area contributed by atoms with Crippen LogP contribution in [0.5, 0.6) is 5.75 Å². The lowest BCUT2D eigenvalue weighted by molar-refractivity contribution is -0.274. The molecule has 3 rings (SSSR count). The number of aliphatic hydroxyl groups is 1. The molecule has 1 N–H and O–H groups in total. The highest BCUT2D eigenvalue weighted by molar-refractivity contribution is 5.94. The van der Waals surface area contributed by atoms with Crippen LogP contribution in [0.2, 0.25) is 0 Å². The maximum absolute atomic E-state index is 12.8. The average molecular weight is 372 g/mol. The summed E-state index contributed by atoms with van der Waals surface area (Å²) in [7, 11) is 1.99. The van der Waals surface area contributed by atoms with Gasteiger partial charge in [-0.3, -0.25) is 4.79 Å². The highest BCUT2D eigenvalue weighted by atomic mass is 19.4. The maximum Gasteiger partial charge on any atom is 0.573 e. The van der Waals surface area contributed by atoms with E-state index < -0.39 is 12.1 Å². The number of fused-ring (bicyclic) bond motifs is 1. The number of nitrogens with zero attached hydrogens (tertiary/aromatic N) is 2. The molecule has 144 valence electrons. The number of ether oxygens (including phenoxy) is 1. The highest BCUT2D eigenvalue weighted by Crippen LogP contribution is 2.41. The molecule has 0 aromatic heterocycles. The van der Waals surface area contributed by atoms with Crippen molar-refractivity contribution in [1.29, 1.82) is 0 Å². The van der Waals surface area contributed by atoms with Crippen molar-refractivity contribution in [1.82, 2.24) is 9.80 Å². The third-order valence-electron chi connectivity index (χ3n) is 5.61. The molecule has 1 amide bonds. The van der Waals surface area contributed by atoms with Crippen molar-refractivity contribution in [2.45, 2.75) is 31.7 Å². The number of alkyl halides is 3. The van der Waals surface area contributed by atoms with Gasteiger partial charge in [0.15, 0.2) is 0 Å². The normalized spacial score (nSPS) is 27.1. The number of piperidine rings is 2. The van der Waals surface area contributed by atoms with Crippen LogP contribution in [0.15, 0.2) is 24.3 Å². The average Bonchev–Trinajstić information content (AvgIpc) is 2.60. The van der Waals surface area contributed by atoms with Gasteiger partial charge in [-0.1, -0.05) is 6.07 Å². The quantitative estimate of drug-likeness (QED) is 0.886. The van der Waals surface area contributed by atoms with E-state index in [1.807, 2.05) is 7.05 Å². The van der Waals surface area contributed by atoms with Gasteiger partial charge in [0.1, 0.15) is 5.75 Å². The lowest BCUT2D eigenvalue weighted by Gasteiger charge is -2.53. The molecule has 0 unspecified atom stereocenters. The fraction of sp³-hybridized carbons (Fsp3) is 0.611. The first-order chi connectivity index (χ1) is 12.2. The van der Waals surface area contributed by atoms with Crippen molar-refractivity contribution in [2.24, 2.45) is 5.41 Å². The van der Waals surface area contributed by atoms with Gasteiger partial charge < -0.3 is 19.6 Å². The van der Waals surface area contributed by atoms with Crippen LogP contribution in [0.25, 0.3) is 0 Å². The monoisotopic (exact) mass is 372 g/mol. The van der Waals surface area contributed by atoms with E-state index in [2.05, 4.69) is 9.64 Å². The van der Waals surface area contributed by atoms with E-state index in [4.69, 9.17) is 0 Å². The van der Waals surface area contributed by atoms with E-state index >= 15 is 0 Å². The Morgan fingerprint density at radius 1 is 1.35 bits per heavy atom. The minimum atomic E-state index is -4.79. The first-order valence-corrected chi connectivity index (χ1v) is 8.70. The molecule has 1 aromatic rings. The molecular formula is C18H23F3N2O3. The molecule has 5 nitrogen and oxygen atoms in total. The summed E-state index contributed by atoms with van der Waals surface area (Å²) in [6, 6.07) is 5.21. The summed E-state index contributed by atoms with van der Waals surface area (Å²) in [5.41, 5.74) is -0.0351. The zero-order valence-electron chi connectivity index (χ0n) is 14.6. The number of benzene rings is 1. The zero-order chi connectivity index (χ0) is 18.9. The Morgan fingerprint density at radius 3 is 2.81 bits per heavy atom. The van der Waals surface area contributed by atoms with Crippen LogP contribution in [0.1, 0.15) is 29.6 Å². The van der Waals surface area contributed by atoms with Crippen LogP contribution in [0.4, 0.5) is 13.2 Å². The number of carbonyl (C=O) groups excluding carboxylic acids is 1. The smallest absolute Gasteiger partial charge is 0.406 e. The maximum atomic E-state index is 12.8. The van der Waals surface area contributed by atoms with Crippen LogP contribution < -0.4 is 4.74 Å². The predicted molar refractivity (Wildman–Crippen MR) is 88.8 cm³/mol. The minimum absolute atomic E-state index is 0.0496. The first kappa shape index (κ1) is 19.0. The molecule has 0 saturated carbocycles. The topological polar surface area (TPSA) is 53.0 Å². The summed E-state index contributed by atoms with van der Waals surface area (Å²) in [5, 5.41) is 9.93. The molecule has 2 heterocycles. The van der Waals surface area contributed by atoms with Crippen molar-refractivity contribution in [3.05, 3.63) is 29.8 Å². The van der Waals surface area contributed by atoms with Crippen molar-refractivity contribution < 1.29 is 27.8 Å². The molecule has 0 spiro atoms. The molecule has 0 bridgehead atoms. The van der Waals surface area contributed by atoms with Crippen molar-refractivity contribution in [3.8, 4) is 5.75 Å². The number of carbonyl (C=O) groups is 1. The Hall–Kier alpha value is -1.80. The van der Waals surface area contributed by atoms with Crippen molar-refractivity contribution in [2.75, 3.05) is 33.3 Å². The number of rotatable bonds is 3. The molecule has 0 aliphatic carbocycles. The van der Waals surface area contributed by atoms with Gasteiger partial charge in [0.25, 0.3) is 5.91 Å². The third kappa shape index (κ3) is 3.81. The Labute approximate surface area is 150 Å². The molecule has 2 fully saturated rings. The Balaban J connectivity index is 1.76. The van der Waals surface area contributed by atoms with E-state index in [1.54, 1.807) is 4.90 Å². The summed E-state index contributed by atoms with van der Waals surface area (Å²) in [5.74, 6) is -0.719. The summed E-state index contributed by atoms with van der Waals surface area (Å²) in [6.45, 7) is 1.93. The molecule has 26 heavy (non-hydrogen) atoms. The van der Waals surface area contributed by atoms with Crippen LogP contribution in [0, 0.1) is 5.41 Å². The second-order valence-corrected chi connectivity index (χ2v) is 7.20. The molecular weight excluding hydrogens is 349 g/mol. The molecule has 2 aliphatic rings. The van der Waals surface area contributed by atoms with Gasteiger partial charge in [-0.05, 0) is 51.1 Å². The molecule has 1 aromatic carbocycles. The molecule has 0 radical (unpaired) electrons. The number of hydrogen-bond acceptors (Lipinski definition) is 4. The summed E-state index contributed by atoms with van der Waals surface area (Å²) >= 11 is 0. The second-order valence-electron chi connectivity index (χ2n) is 7.20. The van der Waals surface area contributed by atoms with Gasteiger partial charge in [0.05, 0.1) is 6.61 Å².